The summed E-state index contributed by atoms with van der Waals surface area (Å²) in [5.41, 5.74) is -1.12. The van der Waals surface area contributed by atoms with Crippen LogP contribution in [0.4, 0.5) is 18.9 Å². The summed E-state index contributed by atoms with van der Waals surface area (Å²) in [6.07, 6.45) is -1.09. The fourth-order valence-electron chi connectivity index (χ4n) is 4.45. The summed E-state index contributed by atoms with van der Waals surface area (Å²) >= 11 is 0. The molecular formula is C21H25F3N2O4. The van der Waals surface area contributed by atoms with E-state index < -0.39 is 23.2 Å². The molecule has 2 aromatic rings. The predicted molar refractivity (Wildman–Crippen MR) is 104 cm³/mol. The number of carbonyl (C=O) groups excluding carboxylic acids is 1. The lowest BCUT2D eigenvalue weighted by molar-refractivity contribution is -0.137. The van der Waals surface area contributed by atoms with Crippen LogP contribution < -0.4 is 10.2 Å². The lowest BCUT2D eigenvalue weighted by atomic mass is 9.78. The number of nitrogens with zero attached hydrogens (tertiary/aromatic N) is 1. The molecule has 4 rings (SSSR count). The topological polar surface area (TPSA) is 85.9 Å². The number of anilines is 1. The highest BCUT2D eigenvalue weighted by molar-refractivity contribution is 6.07. The molecule has 1 amide bonds. The summed E-state index contributed by atoms with van der Waals surface area (Å²) in [5.74, 6) is -0.0425. The highest BCUT2D eigenvalue weighted by atomic mass is 19.4. The number of alkyl halides is 3. The maximum absolute atomic E-state index is 13.2. The van der Waals surface area contributed by atoms with E-state index in [2.05, 4.69) is 5.32 Å². The van der Waals surface area contributed by atoms with E-state index in [0.29, 0.717) is 44.1 Å². The van der Waals surface area contributed by atoms with Gasteiger partial charge in [0.1, 0.15) is 5.58 Å². The fourth-order valence-corrected chi connectivity index (χ4v) is 4.45. The molecule has 0 unspecified atom stereocenters. The van der Waals surface area contributed by atoms with Crippen molar-refractivity contribution in [1.82, 2.24) is 5.32 Å². The second kappa shape index (κ2) is 7.77. The SMILES string of the molecule is O=C1NCCN(CC[C@H]2CC[C@](O)(CO)CC2)c2c1oc1ccc(C(F)(F)F)cc21. The summed E-state index contributed by atoms with van der Waals surface area (Å²) in [5, 5.41) is 22.5. The Kier molecular flexibility index (Phi) is 5.44. The highest BCUT2D eigenvalue weighted by Gasteiger charge is 2.35. The monoisotopic (exact) mass is 426 g/mol. The van der Waals surface area contributed by atoms with Gasteiger partial charge >= 0.3 is 6.18 Å². The average molecular weight is 426 g/mol. The molecule has 1 fully saturated rings. The Labute approximate surface area is 171 Å². The zero-order valence-corrected chi connectivity index (χ0v) is 16.5. The summed E-state index contributed by atoms with van der Waals surface area (Å²) in [6.45, 7) is 1.16. The molecule has 1 aromatic carbocycles. The minimum Gasteiger partial charge on any atom is -0.449 e. The van der Waals surface area contributed by atoms with Crippen LogP contribution >= 0.6 is 0 Å². The average Bonchev–Trinajstić information content (AvgIpc) is 3.02. The maximum Gasteiger partial charge on any atom is 0.416 e. The van der Waals surface area contributed by atoms with E-state index >= 15 is 0 Å². The lowest BCUT2D eigenvalue weighted by Gasteiger charge is -2.35. The zero-order chi connectivity index (χ0) is 21.5. The first-order chi connectivity index (χ1) is 14.2. The predicted octanol–water partition coefficient (Wildman–Crippen LogP) is 3.31. The van der Waals surface area contributed by atoms with Gasteiger partial charge in [0.25, 0.3) is 5.91 Å². The van der Waals surface area contributed by atoms with Crippen LogP contribution in [0, 0.1) is 5.92 Å². The van der Waals surface area contributed by atoms with Crippen molar-refractivity contribution in [3.63, 3.8) is 0 Å². The molecule has 0 radical (unpaired) electrons. The third-order valence-electron chi connectivity index (χ3n) is 6.32. The number of amides is 1. The van der Waals surface area contributed by atoms with Crippen molar-refractivity contribution in [3.8, 4) is 0 Å². The lowest BCUT2D eigenvalue weighted by Crippen LogP contribution is -2.38. The van der Waals surface area contributed by atoms with Crippen LogP contribution in [0.1, 0.15) is 48.2 Å². The van der Waals surface area contributed by atoms with Gasteiger partial charge < -0.3 is 24.8 Å². The Hall–Kier alpha value is -2.26. The smallest absolute Gasteiger partial charge is 0.416 e. The van der Waals surface area contributed by atoms with Crippen molar-refractivity contribution in [1.29, 1.82) is 0 Å². The van der Waals surface area contributed by atoms with Gasteiger partial charge in [0.15, 0.2) is 0 Å². The number of furan rings is 1. The number of hydrogen-bond acceptors (Lipinski definition) is 5. The normalized spacial score (nSPS) is 25.2. The van der Waals surface area contributed by atoms with Gasteiger partial charge in [-0.1, -0.05) is 0 Å². The van der Waals surface area contributed by atoms with Crippen LogP contribution in [-0.2, 0) is 6.18 Å². The molecule has 0 spiro atoms. The summed E-state index contributed by atoms with van der Waals surface area (Å²) in [7, 11) is 0. The number of aliphatic hydroxyl groups excluding tert-OH is 1. The van der Waals surface area contributed by atoms with Gasteiger partial charge in [0.05, 0.1) is 23.5 Å². The van der Waals surface area contributed by atoms with Gasteiger partial charge in [-0.25, -0.2) is 0 Å². The van der Waals surface area contributed by atoms with E-state index in [9.17, 15) is 28.2 Å². The largest absolute Gasteiger partial charge is 0.449 e. The Morgan fingerprint density at radius 3 is 2.67 bits per heavy atom. The first-order valence-electron chi connectivity index (χ1n) is 10.2. The first kappa shape index (κ1) is 21.0. The maximum atomic E-state index is 13.2. The zero-order valence-electron chi connectivity index (χ0n) is 16.5. The van der Waals surface area contributed by atoms with Gasteiger partial charge in [0.2, 0.25) is 5.76 Å². The van der Waals surface area contributed by atoms with Gasteiger partial charge in [-0.2, -0.15) is 13.2 Å². The highest BCUT2D eigenvalue weighted by Crippen LogP contribution is 2.40. The molecule has 3 N–H and O–H groups in total. The molecule has 164 valence electrons. The number of halogens is 3. The molecule has 9 heteroatoms. The molecule has 1 aliphatic carbocycles. The van der Waals surface area contributed by atoms with Gasteiger partial charge in [-0.3, -0.25) is 4.79 Å². The van der Waals surface area contributed by atoms with Crippen molar-refractivity contribution in [2.24, 2.45) is 5.92 Å². The van der Waals surface area contributed by atoms with Crippen LogP contribution in [0.25, 0.3) is 11.0 Å². The molecule has 6 nitrogen and oxygen atoms in total. The molecule has 1 saturated carbocycles. The standard InChI is InChI=1S/C21H25F3N2O4/c22-21(23,24)14-1-2-16-15(11-14)17-18(30-16)19(28)25-8-10-26(17)9-5-13-3-6-20(29,12-27)7-4-13/h1-2,11,13,27,29H,3-10,12H2,(H,25,28)/t13-,20+. The van der Waals surface area contributed by atoms with E-state index in [1.807, 2.05) is 4.90 Å². The molecule has 0 bridgehead atoms. The Morgan fingerprint density at radius 1 is 1.27 bits per heavy atom. The van der Waals surface area contributed by atoms with Crippen molar-refractivity contribution < 1.29 is 32.6 Å². The van der Waals surface area contributed by atoms with Crippen LogP contribution in [0.3, 0.4) is 0 Å². The Balaban J connectivity index is 1.59. The van der Waals surface area contributed by atoms with Gasteiger partial charge in [0, 0.05) is 25.0 Å². The Bertz CT molecular complexity index is 932. The van der Waals surface area contributed by atoms with Crippen molar-refractivity contribution in [2.45, 2.75) is 43.9 Å². The Morgan fingerprint density at radius 2 is 2.00 bits per heavy atom. The van der Waals surface area contributed by atoms with Gasteiger partial charge in [-0.15, -0.1) is 0 Å². The van der Waals surface area contributed by atoms with E-state index in [0.717, 1.165) is 31.4 Å². The number of nitrogens with one attached hydrogen (secondary N) is 1. The van der Waals surface area contributed by atoms with Crippen LogP contribution in [-0.4, -0.2) is 48.0 Å². The third kappa shape index (κ3) is 4.00. The van der Waals surface area contributed by atoms with E-state index in [1.165, 1.54) is 6.07 Å². The number of rotatable bonds is 4. The molecule has 2 heterocycles. The number of aliphatic hydroxyl groups is 2. The molecule has 30 heavy (non-hydrogen) atoms. The molecule has 1 aliphatic heterocycles. The molecule has 0 saturated heterocycles. The number of hydrogen-bond donors (Lipinski definition) is 3. The first-order valence-corrected chi connectivity index (χ1v) is 10.2. The molecule has 2 aliphatic rings. The molecule has 1 aromatic heterocycles. The quantitative estimate of drug-likeness (QED) is 0.699. The van der Waals surface area contributed by atoms with E-state index in [-0.39, 0.29) is 23.3 Å². The van der Waals surface area contributed by atoms with Gasteiger partial charge in [-0.05, 0) is 56.2 Å². The van der Waals surface area contributed by atoms with E-state index in [4.69, 9.17) is 4.42 Å². The van der Waals surface area contributed by atoms with Crippen molar-refractivity contribution in [3.05, 3.63) is 29.5 Å². The minimum atomic E-state index is -4.48. The van der Waals surface area contributed by atoms with Crippen LogP contribution in [0.2, 0.25) is 0 Å². The number of fused-ring (bicyclic) bond motifs is 3. The fraction of sp³-hybridized carbons (Fsp3) is 0.571. The van der Waals surface area contributed by atoms with Crippen molar-refractivity contribution >= 4 is 22.6 Å². The summed E-state index contributed by atoms with van der Waals surface area (Å²) in [6, 6.07) is 3.26. The minimum absolute atomic E-state index is 0.0418. The van der Waals surface area contributed by atoms with Crippen LogP contribution in [0.15, 0.2) is 22.6 Å². The number of benzene rings is 1. The molecule has 0 atom stereocenters. The second-order valence-electron chi connectivity index (χ2n) is 8.35. The molecular weight excluding hydrogens is 401 g/mol. The second-order valence-corrected chi connectivity index (χ2v) is 8.35. The third-order valence-corrected chi connectivity index (χ3v) is 6.32. The number of carbonyl (C=O) groups is 1. The summed E-state index contributed by atoms with van der Waals surface area (Å²) in [4.78, 5) is 14.3. The van der Waals surface area contributed by atoms with Crippen LogP contribution in [0.5, 0.6) is 0 Å². The summed E-state index contributed by atoms with van der Waals surface area (Å²) < 4.78 is 45.3. The van der Waals surface area contributed by atoms with E-state index in [1.54, 1.807) is 0 Å². The van der Waals surface area contributed by atoms with Crippen molar-refractivity contribution in [2.75, 3.05) is 31.1 Å².